The molecule has 0 unspecified atom stereocenters. The lowest BCUT2D eigenvalue weighted by Gasteiger charge is -2.43. The molecule has 0 N–H and O–H groups in total. The van der Waals surface area contributed by atoms with Crippen LogP contribution in [0.4, 0.5) is 13.6 Å². The van der Waals surface area contributed by atoms with Crippen LogP contribution in [0.15, 0.2) is 109 Å². The molecule has 1 fully saturated rings. The van der Waals surface area contributed by atoms with Gasteiger partial charge in [0.25, 0.3) is 0 Å². The van der Waals surface area contributed by atoms with Crippen molar-refractivity contribution in [2.45, 2.75) is 90.2 Å². The zero-order valence-corrected chi connectivity index (χ0v) is 28.4. The third-order valence-electron chi connectivity index (χ3n) is 8.45. The molecule has 0 aliphatic carbocycles. The van der Waals surface area contributed by atoms with Crippen molar-refractivity contribution < 1.29 is 27.8 Å². The minimum absolute atomic E-state index is 0.185. The maximum absolute atomic E-state index is 14.7. The van der Waals surface area contributed by atoms with E-state index in [0.29, 0.717) is 18.7 Å². The first-order valence-electron chi connectivity index (χ1n) is 16.5. The second-order valence-electron chi connectivity index (χ2n) is 13.9. The van der Waals surface area contributed by atoms with Gasteiger partial charge in [-0.1, -0.05) is 91.0 Å². The highest BCUT2D eigenvalue weighted by molar-refractivity contribution is 5.70. The largest absolute Gasteiger partial charge is 0.444 e. The molecule has 0 spiro atoms. The molecular weight excluding hydrogens is 610 g/mol. The normalized spacial score (nSPS) is 17.3. The third kappa shape index (κ3) is 9.49. The third-order valence-corrected chi connectivity index (χ3v) is 8.45. The number of benzene rings is 4. The lowest BCUT2D eigenvalue weighted by Crippen LogP contribution is -2.59. The van der Waals surface area contributed by atoms with E-state index in [-0.39, 0.29) is 19.6 Å². The van der Waals surface area contributed by atoms with Gasteiger partial charge >= 0.3 is 6.09 Å². The van der Waals surface area contributed by atoms with E-state index < -0.39 is 47.2 Å². The van der Waals surface area contributed by atoms with Gasteiger partial charge in [0.1, 0.15) is 23.0 Å². The van der Waals surface area contributed by atoms with Crippen molar-refractivity contribution in [1.82, 2.24) is 9.80 Å². The monoisotopic (exact) mass is 656 g/mol. The van der Waals surface area contributed by atoms with Crippen LogP contribution in [-0.2, 0) is 40.3 Å². The van der Waals surface area contributed by atoms with E-state index >= 15 is 0 Å². The van der Waals surface area contributed by atoms with Crippen molar-refractivity contribution in [3.63, 3.8) is 0 Å². The maximum atomic E-state index is 14.7. The lowest BCUT2D eigenvalue weighted by molar-refractivity contribution is -0.0897. The van der Waals surface area contributed by atoms with Gasteiger partial charge < -0.3 is 14.2 Å². The molecule has 48 heavy (non-hydrogen) atoms. The molecule has 3 atom stereocenters. The SMILES string of the molecule is CC(C)(C)OC(=O)N1[C@@H]([C@H](OCc2ccccc2)[C@H](Cc2cc(F)cc(F)c2)N(Cc2ccccc2)Cc2ccccc2)COC1(C)C. The topological polar surface area (TPSA) is 51.2 Å². The van der Waals surface area contributed by atoms with Crippen molar-refractivity contribution in [2.75, 3.05) is 6.61 Å². The summed E-state index contributed by atoms with van der Waals surface area (Å²) in [7, 11) is 0. The quantitative estimate of drug-likeness (QED) is 0.153. The highest BCUT2D eigenvalue weighted by Gasteiger charge is 2.51. The summed E-state index contributed by atoms with van der Waals surface area (Å²) in [6, 6.07) is 32.5. The van der Waals surface area contributed by atoms with Crippen LogP contribution >= 0.6 is 0 Å². The number of hydrogen-bond acceptors (Lipinski definition) is 5. The Kier molecular flexibility index (Phi) is 11.3. The number of hydrogen-bond donors (Lipinski definition) is 0. The maximum Gasteiger partial charge on any atom is 0.412 e. The second-order valence-corrected chi connectivity index (χ2v) is 13.9. The predicted molar refractivity (Wildman–Crippen MR) is 183 cm³/mol. The van der Waals surface area contributed by atoms with Gasteiger partial charge in [-0.2, -0.15) is 0 Å². The lowest BCUT2D eigenvalue weighted by atomic mass is 9.92. The van der Waals surface area contributed by atoms with Crippen LogP contribution in [0.3, 0.4) is 0 Å². The first-order valence-corrected chi connectivity index (χ1v) is 16.5. The fourth-order valence-corrected chi connectivity index (χ4v) is 6.34. The van der Waals surface area contributed by atoms with Gasteiger partial charge in [-0.3, -0.25) is 9.80 Å². The van der Waals surface area contributed by atoms with Crippen molar-refractivity contribution in [2.24, 2.45) is 0 Å². The highest BCUT2D eigenvalue weighted by atomic mass is 19.1. The van der Waals surface area contributed by atoms with E-state index in [0.717, 1.165) is 22.8 Å². The Bertz CT molecular complexity index is 1550. The van der Waals surface area contributed by atoms with Gasteiger partial charge in [-0.15, -0.1) is 0 Å². The Hall–Kier alpha value is -4.11. The standard InChI is InChI=1S/C40H46F2N2O4/c1-39(2,3)48-38(45)44-36(28-47-40(44,4)5)37(46-27-31-19-13-8-14-20-31)35(23-32-21-33(41)24-34(42)22-32)43(25-29-15-9-6-10-16-29)26-30-17-11-7-12-18-30/h6-22,24,35-37H,23,25-28H2,1-5H3/t35-,36+,37+/m0/s1. The van der Waals surface area contributed by atoms with Gasteiger partial charge in [0, 0.05) is 25.2 Å². The Labute approximate surface area is 283 Å². The molecule has 5 rings (SSSR count). The van der Waals surface area contributed by atoms with Crippen LogP contribution in [0.2, 0.25) is 0 Å². The van der Waals surface area contributed by atoms with Crippen LogP contribution < -0.4 is 0 Å². The number of halogens is 2. The van der Waals surface area contributed by atoms with Crippen LogP contribution in [0.5, 0.6) is 0 Å². The van der Waals surface area contributed by atoms with E-state index in [1.54, 1.807) is 4.90 Å². The average molecular weight is 657 g/mol. The average Bonchev–Trinajstić information content (AvgIpc) is 3.35. The van der Waals surface area contributed by atoms with Gasteiger partial charge in [0.15, 0.2) is 0 Å². The molecule has 1 aliphatic heterocycles. The highest BCUT2D eigenvalue weighted by Crippen LogP contribution is 2.35. The van der Waals surface area contributed by atoms with Gasteiger partial charge in [-0.05, 0) is 75.4 Å². The first-order chi connectivity index (χ1) is 22.9. The molecule has 4 aromatic rings. The zero-order valence-electron chi connectivity index (χ0n) is 28.4. The summed E-state index contributed by atoms with van der Waals surface area (Å²) in [6.45, 7) is 10.6. The number of carbonyl (C=O) groups excluding carboxylic acids is 1. The molecule has 1 aliphatic rings. The van der Waals surface area contributed by atoms with Crippen molar-refractivity contribution in [3.05, 3.63) is 143 Å². The smallest absolute Gasteiger partial charge is 0.412 e. The summed E-state index contributed by atoms with van der Waals surface area (Å²) in [6.07, 6.45) is -0.942. The van der Waals surface area contributed by atoms with Crippen molar-refractivity contribution in [3.8, 4) is 0 Å². The summed E-state index contributed by atoms with van der Waals surface area (Å²) >= 11 is 0. The second kappa shape index (κ2) is 15.4. The molecule has 0 radical (unpaired) electrons. The van der Waals surface area contributed by atoms with Gasteiger partial charge in [0.2, 0.25) is 0 Å². The molecule has 8 heteroatoms. The zero-order chi connectivity index (χ0) is 34.3. The number of amides is 1. The van der Waals surface area contributed by atoms with Crippen LogP contribution in [0.25, 0.3) is 0 Å². The minimum atomic E-state index is -0.999. The summed E-state index contributed by atoms with van der Waals surface area (Å²) < 4.78 is 48.5. The van der Waals surface area contributed by atoms with Crippen LogP contribution in [0.1, 0.15) is 56.9 Å². The molecule has 0 saturated carbocycles. The molecule has 254 valence electrons. The number of nitrogens with zero attached hydrogens (tertiary/aromatic N) is 2. The summed E-state index contributed by atoms with van der Waals surface area (Å²) in [5, 5.41) is 0. The summed E-state index contributed by atoms with van der Waals surface area (Å²) in [5.74, 6) is -1.30. The fraction of sp³-hybridized carbons (Fsp3) is 0.375. The summed E-state index contributed by atoms with van der Waals surface area (Å²) in [5.41, 5.74) is 1.83. The number of carbonyl (C=O) groups is 1. The fourth-order valence-electron chi connectivity index (χ4n) is 6.34. The van der Waals surface area contributed by atoms with E-state index in [1.807, 2.05) is 101 Å². The summed E-state index contributed by atoms with van der Waals surface area (Å²) in [4.78, 5) is 17.9. The van der Waals surface area contributed by atoms with Crippen LogP contribution in [-0.4, -0.2) is 52.0 Å². The molecule has 6 nitrogen and oxygen atoms in total. The Morgan fingerprint density at radius 3 is 1.83 bits per heavy atom. The minimum Gasteiger partial charge on any atom is -0.444 e. The van der Waals surface area contributed by atoms with Gasteiger partial charge in [-0.25, -0.2) is 13.6 Å². The van der Waals surface area contributed by atoms with E-state index in [1.165, 1.54) is 12.1 Å². The molecular formula is C40H46F2N2O4. The molecule has 1 amide bonds. The van der Waals surface area contributed by atoms with E-state index in [9.17, 15) is 13.6 Å². The first kappa shape index (κ1) is 35.2. The van der Waals surface area contributed by atoms with E-state index in [2.05, 4.69) is 29.2 Å². The number of ether oxygens (including phenoxy) is 3. The molecule has 0 bridgehead atoms. The molecule has 1 saturated heterocycles. The predicted octanol–water partition coefficient (Wildman–Crippen LogP) is 8.54. The Morgan fingerprint density at radius 1 is 0.833 bits per heavy atom. The molecule has 0 aromatic heterocycles. The van der Waals surface area contributed by atoms with Gasteiger partial charge in [0.05, 0.1) is 25.4 Å². The van der Waals surface area contributed by atoms with Crippen molar-refractivity contribution in [1.29, 1.82) is 0 Å². The molecule has 1 heterocycles. The molecule has 4 aromatic carbocycles. The van der Waals surface area contributed by atoms with Crippen molar-refractivity contribution >= 4 is 6.09 Å². The van der Waals surface area contributed by atoms with E-state index in [4.69, 9.17) is 14.2 Å². The number of rotatable bonds is 12. The Balaban J connectivity index is 1.64. The van der Waals surface area contributed by atoms with Crippen LogP contribution in [0, 0.1) is 11.6 Å². The Morgan fingerprint density at radius 2 is 1.33 bits per heavy atom.